The summed E-state index contributed by atoms with van der Waals surface area (Å²) in [5.41, 5.74) is 4.42. The fourth-order valence-corrected chi connectivity index (χ4v) is 3.11. The second-order valence-electron chi connectivity index (χ2n) is 6.31. The minimum absolute atomic E-state index is 0.144. The van der Waals surface area contributed by atoms with Crippen molar-refractivity contribution in [1.29, 1.82) is 0 Å². The van der Waals surface area contributed by atoms with Crippen molar-refractivity contribution in [2.45, 2.75) is 52.4 Å². The maximum Gasteiger partial charge on any atom is 0.209 e. The summed E-state index contributed by atoms with van der Waals surface area (Å²) in [6, 6.07) is 8.78. The fourth-order valence-electron chi connectivity index (χ4n) is 3.11. The molecule has 0 saturated heterocycles. The van der Waals surface area contributed by atoms with Crippen LogP contribution < -0.4 is 0 Å². The van der Waals surface area contributed by atoms with Gasteiger partial charge in [0.05, 0.1) is 17.8 Å². The van der Waals surface area contributed by atoms with Gasteiger partial charge in [-0.25, -0.2) is 0 Å². The number of para-hydroxylation sites is 1. The highest BCUT2D eigenvalue weighted by Crippen LogP contribution is 2.39. The van der Waals surface area contributed by atoms with Crippen LogP contribution in [0.2, 0.25) is 0 Å². The maximum absolute atomic E-state index is 5.41. The predicted molar refractivity (Wildman–Crippen MR) is 89.6 cm³/mol. The SMILES string of the molecule is C=C(CCCC[N+]1=C(C)C(C)(C)c2ccccc21)OCC. The van der Waals surface area contributed by atoms with E-state index >= 15 is 0 Å². The van der Waals surface area contributed by atoms with Crippen molar-refractivity contribution in [2.24, 2.45) is 0 Å². The Hall–Kier alpha value is -1.57. The van der Waals surface area contributed by atoms with Gasteiger partial charge in [0.25, 0.3) is 0 Å². The van der Waals surface area contributed by atoms with Crippen LogP contribution in [0.4, 0.5) is 5.69 Å². The molecule has 0 saturated carbocycles. The Labute approximate surface area is 129 Å². The topological polar surface area (TPSA) is 12.2 Å². The molecule has 1 aromatic carbocycles. The Kier molecular flexibility index (Phi) is 4.87. The second kappa shape index (κ2) is 6.46. The highest BCUT2D eigenvalue weighted by molar-refractivity contribution is 5.93. The predicted octanol–water partition coefficient (Wildman–Crippen LogP) is 4.80. The summed E-state index contributed by atoms with van der Waals surface area (Å²) in [7, 11) is 0. The lowest BCUT2D eigenvalue weighted by atomic mass is 9.82. The van der Waals surface area contributed by atoms with Crippen LogP contribution in [0.25, 0.3) is 0 Å². The molecule has 2 rings (SSSR count). The van der Waals surface area contributed by atoms with E-state index in [1.54, 1.807) is 0 Å². The zero-order valence-electron chi connectivity index (χ0n) is 13.9. The molecule has 0 bridgehead atoms. The molecule has 1 heterocycles. The quantitative estimate of drug-likeness (QED) is 0.398. The number of nitrogens with zero attached hydrogens (tertiary/aromatic N) is 1. The molecule has 0 N–H and O–H groups in total. The third-order valence-corrected chi connectivity index (χ3v) is 4.61. The Balaban J connectivity index is 2.00. The van der Waals surface area contributed by atoms with Crippen molar-refractivity contribution in [2.75, 3.05) is 13.2 Å². The van der Waals surface area contributed by atoms with Gasteiger partial charge in [0.15, 0.2) is 5.71 Å². The van der Waals surface area contributed by atoms with Gasteiger partial charge in [-0.3, -0.25) is 0 Å². The molecule has 0 fully saturated rings. The lowest BCUT2D eigenvalue weighted by Gasteiger charge is -2.14. The van der Waals surface area contributed by atoms with Gasteiger partial charge >= 0.3 is 0 Å². The number of benzene rings is 1. The first-order valence-corrected chi connectivity index (χ1v) is 8.00. The Morgan fingerprint density at radius 1 is 1.24 bits per heavy atom. The van der Waals surface area contributed by atoms with E-state index < -0.39 is 0 Å². The number of ether oxygens (including phenoxy) is 1. The van der Waals surface area contributed by atoms with Crippen LogP contribution in [0.5, 0.6) is 0 Å². The molecular weight excluding hydrogens is 258 g/mol. The molecule has 2 heteroatoms. The van der Waals surface area contributed by atoms with Gasteiger partial charge in [0, 0.05) is 31.4 Å². The molecule has 1 aliphatic heterocycles. The number of hydrogen-bond acceptors (Lipinski definition) is 1. The first-order chi connectivity index (χ1) is 9.98. The van der Waals surface area contributed by atoms with E-state index in [9.17, 15) is 0 Å². The first-order valence-electron chi connectivity index (χ1n) is 8.00. The van der Waals surface area contributed by atoms with Gasteiger partial charge in [-0.2, -0.15) is 4.58 Å². The van der Waals surface area contributed by atoms with Crippen LogP contribution in [-0.2, 0) is 10.2 Å². The molecule has 21 heavy (non-hydrogen) atoms. The van der Waals surface area contributed by atoms with Gasteiger partial charge < -0.3 is 4.74 Å². The van der Waals surface area contributed by atoms with Crippen LogP contribution in [0.1, 0.15) is 52.5 Å². The zero-order valence-corrected chi connectivity index (χ0v) is 13.9. The Morgan fingerprint density at radius 3 is 2.67 bits per heavy atom. The number of hydrogen-bond donors (Lipinski definition) is 0. The van der Waals surface area contributed by atoms with Gasteiger partial charge in [0.1, 0.15) is 6.54 Å². The van der Waals surface area contributed by atoms with E-state index in [4.69, 9.17) is 4.74 Å². The number of rotatable bonds is 7. The van der Waals surface area contributed by atoms with Crippen molar-refractivity contribution in [3.05, 3.63) is 42.2 Å². The molecule has 0 radical (unpaired) electrons. The highest BCUT2D eigenvalue weighted by Gasteiger charge is 2.42. The van der Waals surface area contributed by atoms with Gasteiger partial charge in [0.2, 0.25) is 5.69 Å². The summed E-state index contributed by atoms with van der Waals surface area (Å²) >= 11 is 0. The van der Waals surface area contributed by atoms with E-state index in [1.807, 2.05) is 6.92 Å². The second-order valence-corrected chi connectivity index (χ2v) is 6.31. The summed E-state index contributed by atoms with van der Waals surface area (Å²) in [5.74, 6) is 0.917. The number of unbranched alkanes of at least 4 members (excludes halogenated alkanes) is 1. The third-order valence-electron chi connectivity index (χ3n) is 4.61. The van der Waals surface area contributed by atoms with Gasteiger partial charge in [-0.15, -0.1) is 0 Å². The molecule has 0 atom stereocenters. The molecule has 1 aromatic rings. The van der Waals surface area contributed by atoms with Crippen LogP contribution in [0.15, 0.2) is 36.6 Å². The van der Waals surface area contributed by atoms with Gasteiger partial charge in [-0.1, -0.05) is 24.8 Å². The third kappa shape index (κ3) is 3.20. The number of fused-ring (bicyclic) bond motifs is 1. The average Bonchev–Trinajstić information content (AvgIpc) is 2.65. The molecule has 114 valence electrons. The molecule has 0 unspecified atom stereocenters. The van der Waals surface area contributed by atoms with Crippen LogP contribution in [-0.4, -0.2) is 23.4 Å². The highest BCUT2D eigenvalue weighted by atomic mass is 16.5. The molecule has 0 spiro atoms. The largest absolute Gasteiger partial charge is 0.499 e. The molecule has 1 aliphatic rings. The Morgan fingerprint density at radius 2 is 1.95 bits per heavy atom. The minimum atomic E-state index is 0.144. The fraction of sp³-hybridized carbons (Fsp3) is 0.526. The van der Waals surface area contributed by atoms with Crippen molar-refractivity contribution in [3.63, 3.8) is 0 Å². The summed E-state index contributed by atoms with van der Waals surface area (Å²) < 4.78 is 7.90. The number of allylic oxidation sites excluding steroid dienone is 1. The monoisotopic (exact) mass is 286 g/mol. The summed E-state index contributed by atoms with van der Waals surface area (Å²) in [5, 5.41) is 0. The summed E-state index contributed by atoms with van der Waals surface area (Å²) in [6.07, 6.45) is 3.25. The average molecular weight is 286 g/mol. The summed E-state index contributed by atoms with van der Waals surface area (Å²) in [4.78, 5) is 0. The summed E-state index contributed by atoms with van der Waals surface area (Å²) in [6.45, 7) is 14.6. The maximum atomic E-state index is 5.41. The van der Waals surface area contributed by atoms with E-state index in [0.29, 0.717) is 0 Å². The molecule has 0 aliphatic carbocycles. The van der Waals surface area contributed by atoms with Crippen molar-refractivity contribution < 1.29 is 9.31 Å². The van der Waals surface area contributed by atoms with Crippen LogP contribution in [0, 0.1) is 0 Å². The van der Waals surface area contributed by atoms with E-state index in [-0.39, 0.29) is 5.41 Å². The first kappa shape index (κ1) is 15.8. The van der Waals surface area contributed by atoms with Gasteiger partial charge in [-0.05, 0) is 27.2 Å². The van der Waals surface area contributed by atoms with Crippen LogP contribution >= 0.6 is 0 Å². The molecule has 0 aromatic heterocycles. The van der Waals surface area contributed by atoms with E-state index in [2.05, 4.69) is 56.2 Å². The standard InChI is InChI=1S/C19H28NO/c1-6-21-15(2)11-9-10-14-20-16(3)19(4,5)17-12-7-8-13-18(17)20/h7-8,12-13H,2,6,9-11,14H2,1,3-5H3/q+1. The lowest BCUT2D eigenvalue weighted by Crippen LogP contribution is -2.26. The molecule has 0 amide bonds. The zero-order chi connectivity index (χ0) is 15.5. The van der Waals surface area contributed by atoms with Crippen molar-refractivity contribution in [3.8, 4) is 0 Å². The smallest absolute Gasteiger partial charge is 0.209 e. The van der Waals surface area contributed by atoms with Crippen molar-refractivity contribution >= 4 is 11.4 Å². The Bertz CT molecular complexity index is 554. The normalized spacial score (nSPS) is 16.0. The van der Waals surface area contributed by atoms with Crippen LogP contribution in [0.3, 0.4) is 0 Å². The van der Waals surface area contributed by atoms with E-state index in [1.165, 1.54) is 17.0 Å². The minimum Gasteiger partial charge on any atom is -0.499 e. The van der Waals surface area contributed by atoms with E-state index in [0.717, 1.165) is 38.2 Å². The molecular formula is C19H28NO+. The lowest BCUT2D eigenvalue weighted by molar-refractivity contribution is -0.439. The van der Waals surface area contributed by atoms with Crippen molar-refractivity contribution in [1.82, 2.24) is 0 Å². The molecule has 2 nitrogen and oxygen atoms in total.